The number of aliphatic hydroxyl groups excluding tert-OH is 1. The predicted octanol–water partition coefficient (Wildman–Crippen LogP) is 2.98. The van der Waals surface area contributed by atoms with Crippen LogP contribution in [0.4, 0.5) is 4.79 Å². The van der Waals surface area contributed by atoms with Crippen molar-refractivity contribution in [2.45, 2.75) is 57.8 Å². The van der Waals surface area contributed by atoms with Crippen molar-refractivity contribution in [3.8, 4) is 0 Å². The summed E-state index contributed by atoms with van der Waals surface area (Å²) in [4.78, 5) is 16.4. The molecule has 1 amide bonds. The van der Waals surface area contributed by atoms with E-state index in [4.69, 9.17) is 4.74 Å². The van der Waals surface area contributed by atoms with E-state index in [0.717, 1.165) is 32.4 Å². The van der Waals surface area contributed by atoms with Crippen LogP contribution in [0.3, 0.4) is 0 Å². The third-order valence-electron chi connectivity index (χ3n) is 5.04. The zero-order valence-corrected chi connectivity index (χ0v) is 15.6. The molecule has 1 N–H and O–H groups in total. The van der Waals surface area contributed by atoms with E-state index in [1.807, 2.05) is 20.8 Å². The Bertz CT molecular complexity index is 603. The van der Waals surface area contributed by atoms with E-state index in [-0.39, 0.29) is 18.2 Å². The van der Waals surface area contributed by atoms with Gasteiger partial charge in [0.05, 0.1) is 12.1 Å². The number of aryl methyl sites for hydroxylation is 1. The molecule has 1 aromatic carbocycles. The molecule has 0 radical (unpaired) electrons. The number of carbonyl (C=O) groups is 1. The zero-order valence-electron chi connectivity index (χ0n) is 15.6. The fourth-order valence-electron chi connectivity index (χ4n) is 3.87. The number of aliphatic hydroxyl groups is 1. The van der Waals surface area contributed by atoms with Gasteiger partial charge in [0, 0.05) is 26.2 Å². The van der Waals surface area contributed by atoms with Crippen LogP contribution in [0, 0.1) is 0 Å². The van der Waals surface area contributed by atoms with E-state index in [1.54, 1.807) is 4.90 Å². The van der Waals surface area contributed by atoms with Gasteiger partial charge in [0.2, 0.25) is 0 Å². The van der Waals surface area contributed by atoms with Crippen LogP contribution in [0.1, 0.15) is 50.8 Å². The average Bonchev–Trinajstić information content (AvgIpc) is 2.71. The van der Waals surface area contributed by atoms with Crippen LogP contribution in [0.5, 0.6) is 0 Å². The van der Waals surface area contributed by atoms with Crippen molar-refractivity contribution in [1.29, 1.82) is 0 Å². The van der Waals surface area contributed by atoms with Crippen LogP contribution >= 0.6 is 0 Å². The van der Waals surface area contributed by atoms with Gasteiger partial charge in [0.25, 0.3) is 0 Å². The first-order valence-electron chi connectivity index (χ1n) is 9.33. The Morgan fingerprint density at radius 3 is 2.52 bits per heavy atom. The Balaban J connectivity index is 1.69. The lowest BCUT2D eigenvalue weighted by molar-refractivity contribution is -0.00652. The smallest absolute Gasteiger partial charge is 0.410 e. The second-order valence-electron chi connectivity index (χ2n) is 8.11. The van der Waals surface area contributed by atoms with Crippen LogP contribution in [-0.2, 0) is 11.2 Å². The Morgan fingerprint density at radius 1 is 1.16 bits per heavy atom. The number of piperazine rings is 1. The van der Waals surface area contributed by atoms with Crippen molar-refractivity contribution in [3.63, 3.8) is 0 Å². The quantitative estimate of drug-likeness (QED) is 0.795. The van der Waals surface area contributed by atoms with Crippen molar-refractivity contribution in [2.24, 2.45) is 0 Å². The highest BCUT2D eigenvalue weighted by molar-refractivity contribution is 5.68. The first-order chi connectivity index (χ1) is 11.8. The van der Waals surface area contributed by atoms with Gasteiger partial charge in [-0.25, -0.2) is 4.79 Å². The number of hydrogen-bond donors (Lipinski definition) is 1. The maximum atomic E-state index is 12.3. The number of fused-ring (bicyclic) bond motifs is 1. The molecule has 1 fully saturated rings. The van der Waals surface area contributed by atoms with Crippen molar-refractivity contribution in [1.82, 2.24) is 9.80 Å². The van der Waals surface area contributed by atoms with Crippen molar-refractivity contribution in [2.75, 3.05) is 26.2 Å². The van der Waals surface area contributed by atoms with E-state index in [0.29, 0.717) is 13.1 Å². The lowest BCUT2D eigenvalue weighted by atomic mass is 9.95. The Kier molecular flexibility index (Phi) is 5.35. The van der Waals surface area contributed by atoms with Crippen LogP contribution in [-0.4, -0.2) is 58.9 Å². The summed E-state index contributed by atoms with van der Waals surface area (Å²) in [5, 5.41) is 10.7. The second-order valence-corrected chi connectivity index (χ2v) is 8.11. The minimum atomic E-state index is -0.468. The van der Waals surface area contributed by atoms with Crippen molar-refractivity contribution in [3.05, 3.63) is 35.4 Å². The van der Waals surface area contributed by atoms with Gasteiger partial charge in [-0.15, -0.1) is 0 Å². The molecule has 0 aromatic heterocycles. The molecule has 1 aliphatic heterocycles. The molecule has 1 heterocycles. The zero-order chi connectivity index (χ0) is 18.0. The normalized spacial score (nSPS) is 25.2. The van der Waals surface area contributed by atoms with Gasteiger partial charge in [0.15, 0.2) is 0 Å². The summed E-state index contributed by atoms with van der Waals surface area (Å²) in [6.07, 6.45) is 2.28. The van der Waals surface area contributed by atoms with Gasteiger partial charge in [-0.2, -0.15) is 0 Å². The molecule has 3 rings (SSSR count). The molecular formula is C20H30N2O3. The molecule has 1 saturated heterocycles. The molecule has 0 unspecified atom stereocenters. The largest absolute Gasteiger partial charge is 0.444 e. The second kappa shape index (κ2) is 7.34. The first-order valence-corrected chi connectivity index (χ1v) is 9.33. The van der Waals surface area contributed by atoms with E-state index >= 15 is 0 Å². The highest BCUT2D eigenvalue weighted by atomic mass is 16.6. The minimum Gasteiger partial charge on any atom is -0.444 e. The maximum Gasteiger partial charge on any atom is 0.410 e. The van der Waals surface area contributed by atoms with Crippen LogP contribution < -0.4 is 0 Å². The summed E-state index contributed by atoms with van der Waals surface area (Å²) in [5.74, 6) is 0. The number of hydrogen-bond acceptors (Lipinski definition) is 4. The Hall–Kier alpha value is -1.59. The maximum absolute atomic E-state index is 12.3. The summed E-state index contributed by atoms with van der Waals surface area (Å²) in [5.41, 5.74) is 2.13. The van der Waals surface area contributed by atoms with Gasteiger partial charge in [-0.1, -0.05) is 24.3 Å². The Morgan fingerprint density at radius 2 is 1.84 bits per heavy atom. The molecule has 0 saturated carbocycles. The van der Waals surface area contributed by atoms with Crippen LogP contribution in [0.25, 0.3) is 0 Å². The summed E-state index contributed by atoms with van der Waals surface area (Å²) in [6.45, 7) is 8.46. The van der Waals surface area contributed by atoms with Crippen LogP contribution in [0.15, 0.2) is 24.3 Å². The Labute approximate surface area is 150 Å². The molecule has 2 atom stereocenters. The van der Waals surface area contributed by atoms with Gasteiger partial charge < -0.3 is 14.7 Å². The van der Waals surface area contributed by atoms with Gasteiger partial charge in [-0.05, 0) is 51.2 Å². The monoisotopic (exact) mass is 346 g/mol. The number of nitrogens with zero attached hydrogens (tertiary/aromatic N) is 2. The molecule has 0 spiro atoms. The van der Waals surface area contributed by atoms with Gasteiger partial charge in [-0.3, -0.25) is 4.90 Å². The summed E-state index contributed by atoms with van der Waals surface area (Å²) in [7, 11) is 0. The van der Waals surface area contributed by atoms with Crippen LogP contribution in [0.2, 0.25) is 0 Å². The third-order valence-corrected chi connectivity index (χ3v) is 5.04. The molecule has 5 heteroatoms. The number of benzene rings is 1. The molecule has 138 valence electrons. The number of ether oxygens (including phenoxy) is 1. The molecule has 25 heavy (non-hydrogen) atoms. The standard InChI is InChI=1S/C20H30N2O3/c1-20(2,3)25-19(24)22-13-11-21(12-14-22)18-16-9-5-4-7-15(16)8-6-10-17(18)23/h4-5,7,9,17-18,23H,6,8,10-14H2,1-3H3/t17-,18-/m1/s1. The lowest BCUT2D eigenvalue weighted by Crippen LogP contribution is -2.52. The van der Waals surface area contributed by atoms with E-state index in [9.17, 15) is 9.90 Å². The van der Waals surface area contributed by atoms with Gasteiger partial charge >= 0.3 is 6.09 Å². The number of amides is 1. The summed E-state index contributed by atoms with van der Waals surface area (Å²) < 4.78 is 5.47. The average molecular weight is 346 g/mol. The molecule has 5 nitrogen and oxygen atoms in total. The fraction of sp³-hybridized carbons (Fsp3) is 0.650. The van der Waals surface area contributed by atoms with E-state index in [1.165, 1.54) is 11.1 Å². The highest BCUT2D eigenvalue weighted by Crippen LogP contribution is 2.34. The molecular weight excluding hydrogens is 316 g/mol. The minimum absolute atomic E-state index is 0.0273. The molecule has 1 aromatic rings. The number of rotatable bonds is 1. The third kappa shape index (κ3) is 4.33. The molecule has 0 bridgehead atoms. The number of carbonyl (C=O) groups excluding carboxylic acids is 1. The topological polar surface area (TPSA) is 53.0 Å². The molecule has 2 aliphatic rings. The summed E-state index contributed by atoms with van der Waals surface area (Å²) >= 11 is 0. The predicted molar refractivity (Wildman–Crippen MR) is 97.5 cm³/mol. The highest BCUT2D eigenvalue weighted by Gasteiger charge is 2.34. The van der Waals surface area contributed by atoms with E-state index in [2.05, 4.69) is 29.2 Å². The SMILES string of the molecule is CC(C)(C)OC(=O)N1CCN([C@@H]2c3ccccc3CCC[C@H]2O)CC1. The fourth-order valence-corrected chi connectivity index (χ4v) is 3.87. The molecule has 1 aliphatic carbocycles. The summed E-state index contributed by atoms with van der Waals surface area (Å²) in [6, 6.07) is 8.49. The van der Waals surface area contributed by atoms with Crippen molar-refractivity contribution < 1.29 is 14.6 Å². The first kappa shape index (κ1) is 18.2. The van der Waals surface area contributed by atoms with Crippen molar-refractivity contribution >= 4 is 6.09 Å². The van der Waals surface area contributed by atoms with E-state index < -0.39 is 5.60 Å². The lowest BCUT2D eigenvalue weighted by Gasteiger charge is -2.41. The van der Waals surface area contributed by atoms with Gasteiger partial charge in [0.1, 0.15) is 5.60 Å².